The fraction of sp³-hybridized carbons (Fsp3) is 0.435. The lowest BCUT2D eigenvalue weighted by Crippen LogP contribution is -2.39. The number of nitrogen functional groups attached to an aromatic ring is 1. The van der Waals surface area contributed by atoms with Gasteiger partial charge in [-0.3, -0.25) is 4.79 Å². The zero-order chi connectivity index (χ0) is 22.4. The molecule has 3 aromatic rings. The van der Waals surface area contributed by atoms with E-state index in [2.05, 4.69) is 4.90 Å². The second-order valence-corrected chi connectivity index (χ2v) is 9.29. The summed E-state index contributed by atoms with van der Waals surface area (Å²) in [4.78, 5) is 22.4. The van der Waals surface area contributed by atoms with Crippen LogP contribution in [-0.4, -0.2) is 51.1 Å². The number of halogens is 1. The Balaban J connectivity index is 1.48. The zero-order valence-corrected chi connectivity index (χ0v) is 18.9. The fourth-order valence-corrected chi connectivity index (χ4v) is 5.00. The summed E-state index contributed by atoms with van der Waals surface area (Å²) in [5, 5.41) is 5.30. The Labute approximate surface area is 192 Å². The van der Waals surface area contributed by atoms with Crippen LogP contribution in [0, 0.1) is 6.92 Å². The average molecular weight is 454 g/mol. The molecule has 0 bridgehead atoms. The Morgan fingerprint density at radius 1 is 1.19 bits per heavy atom. The number of hydrogen-bond acceptors (Lipinski definition) is 6. The number of amides is 1. The molecule has 4 heterocycles. The van der Waals surface area contributed by atoms with Gasteiger partial charge in [0.15, 0.2) is 5.65 Å². The van der Waals surface area contributed by atoms with Gasteiger partial charge in [0.05, 0.1) is 17.3 Å². The zero-order valence-electron chi connectivity index (χ0n) is 18.2. The van der Waals surface area contributed by atoms with E-state index < -0.39 is 0 Å². The topological polar surface area (TPSA) is 106 Å². The van der Waals surface area contributed by atoms with E-state index in [1.54, 1.807) is 18.2 Å². The summed E-state index contributed by atoms with van der Waals surface area (Å²) in [6.45, 7) is 4.44. The Kier molecular flexibility index (Phi) is 5.43. The monoisotopic (exact) mass is 453 g/mol. The molecule has 9 heteroatoms. The van der Waals surface area contributed by atoms with Gasteiger partial charge in [0.2, 0.25) is 0 Å². The first-order chi connectivity index (χ1) is 15.4. The van der Waals surface area contributed by atoms with Crippen LogP contribution >= 0.6 is 11.6 Å². The van der Waals surface area contributed by atoms with Crippen molar-refractivity contribution in [1.82, 2.24) is 19.5 Å². The molecule has 2 fully saturated rings. The first-order valence-corrected chi connectivity index (χ1v) is 11.5. The van der Waals surface area contributed by atoms with Crippen LogP contribution in [0.25, 0.3) is 5.65 Å². The SMILES string of the molecule is Cc1cn2nc(C3CCCCN3C(=O)c3cc(Cl)ccc3N)cc2nc1N1CCC(N)C1. The summed E-state index contributed by atoms with van der Waals surface area (Å²) in [5.74, 6) is 0.850. The van der Waals surface area contributed by atoms with Crippen molar-refractivity contribution in [3.8, 4) is 0 Å². The third-order valence-electron chi connectivity index (χ3n) is 6.50. The molecular formula is C23H28ClN7O. The number of piperidine rings is 1. The quantitative estimate of drug-likeness (QED) is 0.590. The van der Waals surface area contributed by atoms with Gasteiger partial charge in [-0.15, -0.1) is 0 Å². The van der Waals surface area contributed by atoms with Crippen molar-refractivity contribution in [3.63, 3.8) is 0 Å². The van der Waals surface area contributed by atoms with Crippen molar-refractivity contribution < 1.29 is 4.79 Å². The van der Waals surface area contributed by atoms with E-state index in [4.69, 9.17) is 33.2 Å². The number of likely N-dealkylation sites (tertiary alicyclic amines) is 1. The first kappa shape index (κ1) is 21.0. The Morgan fingerprint density at radius 3 is 2.81 bits per heavy atom. The molecule has 2 unspecified atom stereocenters. The van der Waals surface area contributed by atoms with Gasteiger partial charge < -0.3 is 21.3 Å². The minimum Gasteiger partial charge on any atom is -0.398 e. The highest BCUT2D eigenvalue weighted by Gasteiger charge is 2.32. The first-order valence-electron chi connectivity index (χ1n) is 11.1. The Bertz CT molecular complexity index is 1180. The van der Waals surface area contributed by atoms with E-state index >= 15 is 0 Å². The van der Waals surface area contributed by atoms with Crippen molar-refractivity contribution in [2.45, 2.75) is 44.7 Å². The van der Waals surface area contributed by atoms with E-state index in [9.17, 15) is 4.79 Å². The van der Waals surface area contributed by atoms with Gasteiger partial charge in [-0.1, -0.05) is 11.6 Å². The van der Waals surface area contributed by atoms with Crippen molar-refractivity contribution in [1.29, 1.82) is 0 Å². The number of nitrogens with two attached hydrogens (primary N) is 2. The molecule has 0 saturated carbocycles. The summed E-state index contributed by atoms with van der Waals surface area (Å²) >= 11 is 6.14. The van der Waals surface area contributed by atoms with Crippen molar-refractivity contribution in [3.05, 3.63) is 52.3 Å². The summed E-state index contributed by atoms with van der Waals surface area (Å²) in [6, 6.07) is 7.08. The number of carbonyl (C=O) groups is 1. The minimum atomic E-state index is -0.125. The van der Waals surface area contributed by atoms with Gasteiger partial charge >= 0.3 is 0 Å². The highest BCUT2D eigenvalue weighted by Crippen LogP contribution is 2.34. The molecule has 8 nitrogen and oxygen atoms in total. The molecular weight excluding hydrogens is 426 g/mol. The van der Waals surface area contributed by atoms with Crippen LogP contribution < -0.4 is 16.4 Å². The summed E-state index contributed by atoms with van der Waals surface area (Å²) < 4.78 is 1.81. The van der Waals surface area contributed by atoms with Crippen LogP contribution in [-0.2, 0) is 0 Å². The number of rotatable bonds is 3. The third-order valence-corrected chi connectivity index (χ3v) is 6.73. The predicted molar refractivity (Wildman–Crippen MR) is 126 cm³/mol. The van der Waals surface area contributed by atoms with Gasteiger partial charge in [-0.25, -0.2) is 9.50 Å². The summed E-state index contributed by atoms with van der Waals surface area (Å²) in [6.07, 6.45) is 5.82. The van der Waals surface area contributed by atoms with Crippen LogP contribution in [0.15, 0.2) is 30.5 Å². The molecule has 5 rings (SSSR count). The maximum Gasteiger partial charge on any atom is 0.256 e. The lowest BCUT2D eigenvalue weighted by atomic mass is 9.98. The molecule has 0 spiro atoms. The van der Waals surface area contributed by atoms with Crippen molar-refractivity contribution in [2.24, 2.45) is 5.73 Å². The van der Waals surface area contributed by atoms with E-state index in [0.717, 1.165) is 61.5 Å². The lowest BCUT2D eigenvalue weighted by Gasteiger charge is -2.35. The molecule has 2 aliphatic rings. The summed E-state index contributed by atoms with van der Waals surface area (Å²) in [7, 11) is 0. The molecule has 2 saturated heterocycles. The number of fused-ring (bicyclic) bond motifs is 1. The maximum absolute atomic E-state index is 13.4. The van der Waals surface area contributed by atoms with E-state index in [1.807, 2.05) is 28.6 Å². The molecule has 2 atom stereocenters. The second kappa shape index (κ2) is 8.26. The third kappa shape index (κ3) is 3.78. The molecule has 0 aliphatic carbocycles. The number of aromatic nitrogens is 3. The lowest BCUT2D eigenvalue weighted by molar-refractivity contribution is 0.0607. The largest absolute Gasteiger partial charge is 0.398 e. The molecule has 4 N–H and O–H groups in total. The van der Waals surface area contributed by atoms with Crippen LogP contribution in [0.1, 0.15) is 53.3 Å². The van der Waals surface area contributed by atoms with Gasteiger partial charge in [-0.05, 0) is 50.8 Å². The highest BCUT2D eigenvalue weighted by atomic mass is 35.5. The van der Waals surface area contributed by atoms with E-state index in [1.165, 1.54) is 0 Å². The summed E-state index contributed by atoms with van der Waals surface area (Å²) in [5.41, 5.74) is 15.8. The molecule has 2 aliphatic heterocycles. The highest BCUT2D eigenvalue weighted by molar-refractivity contribution is 6.31. The molecule has 2 aromatic heterocycles. The number of hydrogen-bond donors (Lipinski definition) is 2. The number of carbonyl (C=O) groups excluding carboxylic acids is 1. The number of nitrogens with zero attached hydrogens (tertiary/aromatic N) is 5. The molecule has 1 aromatic carbocycles. The van der Waals surface area contributed by atoms with Crippen LogP contribution in [0.4, 0.5) is 11.5 Å². The average Bonchev–Trinajstić information content (AvgIpc) is 3.40. The van der Waals surface area contributed by atoms with Gasteiger partial charge in [0.1, 0.15) is 5.82 Å². The molecule has 168 valence electrons. The number of aryl methyl sites for hydroxylation is 1. The van der Waals surface area contributed by atoms with Crippen molar-refractivity contribution >= 4 is 34.7 Å². The number of benzene rings is 1. The van der Waals surface area contributed by atoms with E-state index in [-0.39, 0.29) is 18.0 Å². The maximum atomic E-state index is 13.4. The molecule has 0 radical (unpaired) electrons. The second-order valence-electron chi connectivity index (χ2n) is 8.86. The van der Waals surface area contributed by atoms with Crippen LogP contribution in [0.2, 0.25) is 5.02 Å². The minimum absolute atomic E-state index is 0.109. The van der Waals surface area contributed by atoms with Gasteiger partial charge in [0, 0.05) is 54.2 Å². The van der Waals surface area contributed by atoms with Crippen molar-refractivity contribution in [2.75, 3.05) is 30.3 Å². The van der Waals surface area contributed by atoms with Crippen LogP contribution in [0.3, 0.4) is 0 Å². The fourth-order valence-electron chi connectivity index (χ4n) is 4.83. The van der Waals surface area contributed by atoms with Gasteiger partial charge in [0.25, 0.3) is 5.91 Å². The Morgan fingerprint density at radius 2 is 2.03 bits per heavy atom. The normalized spacial score (nSPS) is 21.5. The number of anilines is 2. The van der Waals surface area contributed by atoms with Gasteiger partial charge in [-0.2, -0.15) is 5.10 Å². The Hall–Kier alpha value is -2.84. The smallest absolute Gasteiger partial charge is 0.256 e. The standard InChI is InChI=1S/C23H28ClN7O/c1-14-12-31-21(27-22(14)29-9-7-16(25)13-29)11-19(28-31)20-4-2-3-8-30(20)23(32)17-10-15(24)5-6-18(17)26/h5-6,10-12,16,20H,2-4,7-9,13,25-26H2,1H3. The predicted octanol–water partition coefficient (Wildman–Crippen LogP) is 3.18. The van der Waals surface area contributed by atoms with Crippen LogP contribution in [0.5, 0.6) is 0 Å². The molecule has 32 heavy (non-hydrogen) atoms. The van der Waals surface area contributed by atoms with E-state index in [0.29, 0.717) is 22.8 Å². The molecule has 1 amide bonds.